The molecule has 28 heavy (non-hydrogen) atoms. The average Bonchev–Trinajstić information content (AvgIpc) is 2.65. The number of nitrogens with zero attached hydrogens (tertiary/aromatic N) is 1. The minimum atomic E-state index is -4.19. The number of benzene rings is 2. The Morgan fingerprint density at radius 1 is 1.00 bits per heavy atom. The summed E-state index contributed by atoms with van der Waals surface area (Å²) in [6.45, 7) is 2.93. The molecule has 0 saturated carbocycles. The Morgan fingerprint density at radius 3 is 2.36 bits per heavy atom. The van der Waals surface area contributed by atoms with Gasteiger partial charge in [-0.1, -0.05) is 48.5 Å². The van der Waals surface area contributed by atoms with Gasteiger partial charge in [0.25, 0.3) is 0 Å². The smallest absolute Gasteiger partial charge is 0.390 e. The summed E-state index contributed by atoms with van der Waals surface area (Å²) in [6.07, 6.45) is -5.10. The molecule has 2 N–H and O–H groups in total. The third kappa shape index (κ3) is 9.29. The lowest BCUT2D eigenvalue weighted by molar-refractivity contribution is -0.132. The van der Waals surface area contributed by atoms with Crippen molar-refractivity contribution in [3.8, 4) is 5.75 Å². The van der Waals surface area contributed by atoms with Gasteiger partial charge in [-0.15, -0.1) is 24.0 Å². The molecule has 0 amide bonds. The molecule has 0 heterocycles. The molecule has 8 heteroatoms. The van der Waals surface area contributed by atoms with Gasteiger partial charge in [0.05, 0.1) is 13.0 Å². The van der Waals surface area contributed by atoms with E-state index in [1.54, 1.807) is 0 Å². The number of nitrogens with one attached hydrogen (secondary N) is 2. The van der Waals surface area contributed by atoms with E-state index in [-0.39, 0.29) is 30.5 Å². The molecule has 0 fully saturated rings. The van der Waals surface area contributed by atoms with Crippen LogP contribution in [0.25, 0.3) is 0 Å². The topological polar surface area (TPSA) is 45.7 Å². The molecule has 0 aliphatic rings. The van der Waals surface area contributed by atoms with Crippen LogP contribution in [0.2, 0.25) is 0 Å². The van der Waals surface area contributed by atoms with Crippen LogP contribution in [0.5, 0.6) is 5.75 Å². The van der Waals surface area contributed by atoms with E-state index in [2.05, 4.69) is 15.6 Å². The second-order valence-electron chi connectivity index (χ2n) is 5.87. The second kappa shape index (κ2) is 12.5. The number of alkyl halides is 3. The zero-order chi connectivity index (χ0) is 19.5. The van der Waals surface area contributed by atoms with Gasteiger partial charge >= 0.3 is 6.18 Å². The molecule has 4 nitrogen and oxygen atoms in total. The number of hydrogen-bond donors (Lipinski definition) is 2. The first kappa shape index (κ1) is 24.1. The summed E-state index contributed by atoms with van der Waals surface area (Å²) in [5.74, 6) is 1.05. The van der Waals surface area contributed by atoms with Gasteiger partial charge in [0, 0.05) is 18.7 Å². The molecule has 0 unspecified atom stereocenters. The maximum absolute atomic E-state index is 12.3. The molecule has 0 bridgehead atoms. The molecule has 154 valence electrons. The van der Waals surface area contributed by atoms with Crippen LogP contribution in [0.4, 0.5) is 13.2 Å². The SMILES string of the molecule is CCNC(=NCc1ccccc1OCc1ccccc1)NCCC(F)(F)F.I. The highest BCUT2D eigenvalue weighted by Crippen LogP contribution is 2.20. The Bertz CT molecular complexity index is 724. The summed E-state index contributed by atoms with van der Waals surface area (Å²) in [5, 5.41) is 5.65. The van der Waals surface area contributed by atoms with E-state index >= 15 is 0 Å². The number of ether oxygens (including phenoxy) is 1. The molecular weight excluding hydrogens is 482 g/mol. The lowest BCUT2D eigenvalue weighted by atomic mass is 10.2. The summed E-state index contributed by atoms with van der Waals surface area (Å²) >= 11 is 0. The van der Waals surface area contributed by atoms with Crippen LogP contribution in [0.1, 0.15) is 24.5 Å². The van der Waals surface area contributed by atoms with E-state index < -0.39 is 12.6 Å². The van der Waals surface area contributed by atoms with E-state index in [0.717, 1.165) is 11.1 Å². The molecule has 2 rings (SSSR count). The Morgan fingerprint density at radius 2 is 1.68 bits per heavy atom. The first-order chi connectivity index (χ1) is 13.0. The zero-order valence-corrected chi connectivity index (χ0v) is 18.0. The molecule has 2 aromatic carbocycles. The van der Waals surface area contributed by atoms with Gasteiger partial charge in [-0.3, -0.25) is 0 Å². The van der Waals surface area contributed by atoms with Crippen molar-refractivity contribution in [2.24, 2.45) is 4.99 Å². The summed E-state index contributed by atoms with van der Waals surface area (Å²) in [6, 6.07) is 17.3. The first-order valence-corrected chi connectivity index (χ1v) is 8.81. The monoisotopic (exact) mass is 507 g/mol. The van der Waals surface area contributed by atoms with E-state index in [1.807, 2.05) is 61.5 Å². The summed E-state index contributed by atoms with van der Waals surface area (Å²) in [5.41, 5.74) is 1.92. The quantitative estimate of drug-likeness (QED) is 0.304. The molecule has 0 radical (unpaired) electrons. The van der Waals surface area contributed by atoms with Crippen molar-refractivity contribution < 1.29 is 17.9 Å². The first-order valence-electron chi connectivity index (χ1n) is 8.81. The standard InChI is InChI=1S/C20H24F3N3O.HI/c1-2-24-19(25-13-12-20(21,22)23)26-14-17-10-6-7-11-18(17)27-15-16-8-4-3-5-9-16;/h3-11H,2,12-15H2,1H3,(H2,24,25,26);1H. The van der Waals surface area contributed by atoms with Gasteiger partial charge in [-0.25, -0.2) is 4.99 Å². The maximum Gasteiger partial charge on any atom is 0.390 e. The fourth-order valence-electron chi connectivity index (χ4n) is 2.34. The fourth-order valence-corrected chi connectivity index (χ4v) is 2.34. The molecule has 0 aromatic heterocycles. The third-order valence-corrected chi connectivity index (χ3v) is 3.66. The Labute approximate surface area is 180 Å². The van der Waals surface area contributed by atoms with Gasteiger partial charge in [-0.2, -0.15) is 13.2 Å². The van der Waals surface area contributed by atoms with Crippen molar-refractivity contribution in [3.05, 3.63) is 65.7 Å². The predicted octanol–water partition coefficient (Wildman–Crippen LogP) is 4.89. The van der Waals surface area contributed by atoms with E-state index in [9.17, 15) is 13.2 Å². The molecular formula is C20H25F3IN3O. The highest BCUT2D eigenvalue weighted by molar-refractivity contribution is 14.0. The van der Waals surface area contributed by atoms with Gasteiger partial charge in [0.15, 0.2) is 5.96 Å². The van der Waals surface area contributed by atoms with Crippen LogP contribution < -0.4 is 15.4 Å². The number of guanidine groups is 1. The zero-order valence-electron chi connectivity index (χ0n) is 15.6. The Balaban J connectivity index is 0.00000392. The van der Waals surface area contributed by atoms with E-state index in [4.69, 9.17) is 4.74 Å². The largest absolute Gasteiger partial charge is 0.489 e. The molecule has 0 saturated heterocycles. The fraction of sp³-hybridized carbons (Fsp3) is 0.350. The van der Waals surface area contributed by atoms with Crippen molar-refractivity contribution >= 4 is 29.9 Å². The van der Waals surface area contributed by atoms with Gasteiger partial charge in [0.2, 0.25) is 0 Å². The van der Waals surface area contributed by atoms with Crippen LogP contribution >= 0.6 is 24.0 Å². The lowest BCUT2D eigenvalue weighted by Gasteiger charge is -2.14. The van der Waals surface area contributed by atoms with Crippen molar-refractivity contribution in [2.75, 3.05) is 13.1 Å². The minimum Gasteiger partial charge on any atom is -0.489 e. The van der Waals surface area contributed by atoms with E-state index in [1.165, 1.54) is 0 Å². The van der Waals surface area contributed by atoms with Crippen molar-refractivity contribution in [2.45, 2.75) is 32.7 Å². The Hall–Kier alpha value is -1.97. The van der Waals surface area contributed by atoms with Crippen LogP contribution in [-0.2, 0) is 13.2 Å². The number of hydrogen-bond acceptors (Lipinski definition) is 2. The lowest BCUT2D eigenvalue weighted by Crippen LogP contribution is -2.38. The number of para-hydroxylation sites is 1. The second-order valence-corrected chi connectivity index (χ2v) is 5.87. The molecule has 2 aromatic rings. The van der Waals surface area contributed by atoms with Crippen LogP contribution in [0.15, 0.2) is 59.6 Å². The molecule has 0 spiro atoms. The average molecular weight is 507 g/mol. The summed E-state index contributed by atoms with van der Waals surface area (Å²) in [7, 11) is 0. The molecule has 0 aliphatic carbocycles. The van der Waals surface area contributed by atoms with Crippen LogP contribution in [-0.4, -0.2) is 25.2 Å². The van der Waals surface area contributed by atoms with Gasteiger partial charge in [-0.05, 0) is 18.6 Å². The summed E-state index contributed by atoms with van der Waals surface area (Å²) < 4.78 is 42.8. The molecule has 0 aliphatic heterocycles. The summed E-state index contributed by atoms with van der Waals surface area (Å²) in [4.78, 5) is 4.37. The van der Waals surface area contributed by atoms with Crippen molar-refractivity contribution in [1.29, 1.82) is 0 Å². The van der Waals surface area contributed by atoms with Crippen LogP contribution in [0, 0.1) is 0 Å². The highest BCUT2D eigenvalue weighted by atomic mass is 127. The minimum absolute atomic E-state index is 0. The normalized spacial score (nSPS) is 11.5. The Kier molecular flexibility index (Phi) is 10.7. The predicted molar refractivity (Wildman–Crippen MR) is 116 cm³/mol. The third-order valence-electron chi connectivity index (χ3n) is 3.66. The number of halogens is 4. The highest BCUT2D eigenvalue weighted by Gasteiger charge is 2.26. The molecule has 0 atom stereocenters. The van der Waals surface area contributed by atoms with Crippen molar-refractivity contribution in [3.63, 3.8) is 0 Å². The van der Waals surface area contributed by atoms with E-state index in [0.29, 0.717) is 31.4 Å². The number of rotatable bonds is 8. The van der Waals surface area contributed by atoms with Crippen LogP contribution in [0.3, 0.4) is 0 Å². The number of aliphatic imine (C=N–C) groups is 1. The van der Waals surface area contributed by atoms with Gasteiger partial charge in [0.1, 0.15) is 12.4 Å². The van der Waals surface area contributed by atoms with Gasteiger partial charge < -0.3 is 15.4 Å². The maximum atomic E-state index is 12.3. The van der Waals surface area contributed by atoms with Crippen molar-refractivity contribution in [1.82, 2.24) is 10.6 Å².